The number of hydrogen-bond acceptors (Lipinski definition) is 5. The van der Waals surface area contributed by atoms with Gasteiger partial charge in [-0.1, -0.05) is 0 Å². The Labute approximate surface area is 103 Å². The van der Waals surface area contributed by atoms with E-state index in [1.54, 1.807) is 0 Å². The van der Waals surface area contributed by atoms with Gasteiger partial charge in [0, 0.05) is 25.6 Å². The number of nitrogens with zero attached hydrogens (tertiary/aromatic N) is 2. The Balaban J connectivity index is 2.37. The van der Waals surface area contributed by atoms with Crippen molar-refractivity contribution < 1.29 is 23.4 Å². The van der Waals surface area contributed by atoms with Gasteiger partial charge in [-0.05, 0) is 6.92 Å². The number of carboxylic acids is 1. The number of hydrogen-bond donors (Lipinski definition) is 3. The Morgan fingerprint density at radius 3 is 2.67 bits per heavy atom. The topological polar surface area (TPSA) is 124 Å². The van der Waals surface area contributed by atoms with E-state index in [1.165, 1.54) is 6.92 Å². The molecule has 1 fully saturated rings. The summed E-state index contributed by atoms with van der Waals surface area (Å²) >= 11 is 0. The normalized spacial score (nSPS) is 17.7. The average Bonchev–Trinajstić information content (AvgIpc) is 2.58. The van der Waals surface area contributed by atoms with Crippen LogP contribution < -0.4 is 0 Å². The van der Waals surface area contributed by atoms with Gasteiger partial charge in [0.05, 0.1) is 5.69 Å². The SMILES string of the molecule is Cc1[nH]nc(C(=O)O)c1S(=O)(=O)N1CC(CO)C1. The summed E-state index contributed by atoms with van der Waals surface area (Å²) in [5, 5.41) is 23.6. The maximum Gasteiger partial charge on any atom is 0.357 e. The number of aryl methyl sites for hydroxylation is 1. The van der Waals surface area contributed by atoms with Crippen LogP contribution in [0.25, 0.3) is 0 Å². The quantitative estimate of drug-likeness (QED) is 0.649. The Hall–Kier alpha value is -1.45. The Morgan fingerprint density at radius 1 is 1.56 bits per heavy atom. The molecule has 1 aromatic rings. The standard InChI is InChI=1S/C9H13N3O5S/c1-5-8(7(9(14)15)11-10-5)18(16,17)12-2-6(3-12)4-13/h6,13H,2-4H2,1H3,(H,10,11)(H,14,15). The van der Waals surface area contributed by atoms with Crippen LogP contribution in [0.3, 0.4) is 0 Å². The summed E-state index contributed by atoms with van der Waals surface area (Å²) in [7, 11) is -3.86. The van der Waals surface area contributed by atoms with E-state index in [-0.39, 0.29) is 36.2 Å². The number of carbonyl (C=O) groups is 1. The summed E-state index contributed by atoms with van der Waals surface area (Å²) in [6.45, 7) is 1.77. The van der Waals surface area contributed by atoms with Gasteiger partial charge in [0.25, 0.3) is 0 Å². The highest BCUT2D eigenvalue weighted by Gasteiger charge is 2.40. The molecule has 2 heterocycles. The number of aliphatic hydroxyl groups is 1. The van der Waals surface area contributed by atoms with E-state index in [4.69, 9.17) is 10.2 Å². The molecule has 9 heteroatoms. The third kappa shape index (κ3) is 1.89. The molecule has 0 aliphatic carbocycles. The van der Waals surface area contributed by atoms with Crippen molar-refractivity contribution in [2.75, 3.05) is 19.7 Å². The fraction of sp³-hybridized carbons (Fsp3) is 0.556. The molecule has 0 aromatic carbocycles. The monoisotopic (exact) mass is 275 g/mol. The van der Waals surface area contributed by atoms with Crippen LogP contribution in [0.1, 0.15) is 16.2 Å². The van der Waals surface area contributed by atoms with E-state index < -0.39 is 21.7 Å². The summed E-state index contributed by atoms with van der Waals surface area (Å²) in [4.78, 5) is 10.6. The number of H-pyrrole nitrogens is 1. The van der Waals surface area contributed by atoms with Crippen LogP contribution in [-0.4, -0.2) is 58.8 Å². The lowest BCUT2D eigenvalue weighted by Gasteiger charge is -2.36. The first-order valence-corrected chi connectivity index (χ1v) is 6.71. The Morgan fingerprint density at radius 2 is 2.17 bits per heavy atom. The van der Waals surface area contributed by atoms with Crippen molar-refractivity contribution in [2.45, 2.75) is 11.8 Å². The summed E-state index contributed by atoms with van der Waals surface area (Å²) in [6.07, 6.45) is 0. The number of rotatable bonds is 4. The maximum absolute atomic E-state index is 12.2. The van der Waals surface area contributed by atoms with Crippen molar-refractivity contribution >= 4 is 16.0 Å². The summed E-state index contributed by atoms with van der Waals surface area (Å²) in [6, 6.07) is 0. The molecule has 1 saturated heterocycles. The molecule has 0 bridgehead atoms. The van der Waals surface area contributed by atoms with Crippen LogP contribution in [0.2, 0.25) is 0 Å². The second-order valence-electron chi connectivity index (χ2n) is 4.20. The van der Waals surface area contributed by atoms with E-state index >= 15 is 0 Å². The van der Waals surface area contributed by atoms with E-state index in [9.17, 15) is 13.2 Å². The summed E-state index contributed by atoms with van der Waals surface area (Å²) in [5.41, 5.74) is -0.306. The maximum atomic E-state index is 12.2. The number of carboxylic acid groups (broad SMARTS) is 1. The fourth-order valence-electron chi connectivity index (χ4n) is 1.84. The lowest BCUT2D eigenvalue weighted by Crippen LogP contribution is -2.51. The third-order valence-electron chi connectivity index (χ3n) is 2.87. The molecule has 0 atom stereocenters. The van der Waals surface area contributed by atoms with Gasteiger partial charge in [0.15, 0.2) is 5.69 Å². The van der Waals surface area contributed by atoms with Gasteiger partial charge in [-0.15, -0.1) is 0 Å². The molecular formula is C9H13N3O5S. The summed E-state index contributed by atoms with van der Waals surface area (Å²) < 4.78 is 25.5. The van der Waals surface area contributed by atoms with Gasteiger partial charge in [-0.2, -0.15) is 9.40 Å². The van der Waals surface area contributed by atoms with E-state index in [2.05, 4.69) is 10.2 Å². The van der Waals surface area contributed by atoms with E-state index in [0.717, 1.165) is 4.31 Å². The van der Waals surface area contributed by atoms with Crippen LogP contribution in [0.15, 0.2) is 4.90 Å². The molecular weight excluding hydrogens is 262 g/mol. The van der Waals surface area contributed by atoms with Gasteiger partial charge >= 0.3 is 5.97 Å². The molecule has 0 spiro atoms. The predicted molar refractivity (Wildman–Crippen MR) is 59.6 cm³/mol. The largest absolute Gasteiger partial charge is 0.476 e. The minimum absolute atomic E-state index is 0.0812. The van der Waals surface area contributed by atoms with Crippen LogP contribution >= 0.6 is 0 Å². The fourth-order valence-corrected chi connectivity index (χ4v) is 3.72. The zero-order chi connectivity index (χ0) is 13.5. The first-order valence-electron chi connectivity index (χ1n) is 5.27. The van der Waals surface area contributed by atoms with Crippen molar-refractivity contribution in [1.29, 1.82) is 0 Å². The number of nitrogens with one attached hydrogen (secondary N) is 1. The highest BCUT2D eigenvalue weighted by molar-refractivity contribution is 7.89. The van der Waals surface area contributed by atoms with Crippen LogP contribution in [0.5, 0.6) is 0 Å². The first kappa shape index (κ1) is 13.0. The number of aromatic nitrogens is 2. The zero-order valence-corrected chi connectivity index (χ0v) is 10.4. The second kappa shape index (κ2) is 4.34. The van der Waals surface area contributed by atoms with Crippen molar-refractivity contribution in [1.82, 2.24) is 14.5 Å². The first-order chi connectivity index (χ1) is 8.37. The van der Waals surface area contributed by atoms with E-state index in [0.29, 0.717) is 0 Å². The lowest BCUT2D eigenvalue weighted by atomic mass is 10.1. The van der Waals surface area contributed by atoms with Gasteiger partial charge in [-0.3, -0.25) is 5.10 Å². The van der Waals surface area contributed by atoms with Gasteiger partial charge in [0.1, 0.15) is 4.90 Å². The lowest BCUT2D eigenvalue weighted by molar-refractivity contribution is 0.0685. The van der Waals surface area contributed by atoms with Crippen LogP contribution in [0.4, 0.5) is 0 Å². The van der Waals surface area contributed by atoms with Crippen molar-refractivity contribution in [3.63, 3.8) is 0 Å². The van der Waals surface area contributed by atoms with Gasteiger partial charge in [-0.25, -0.2) is 13.2 Å². The smallest absolute Gasteiger partial charge is 0.357 e. The molecule has 0 amide bonds. The molecule has 0 unspecified atom stereocenters. The van der Waals surface area contributed by atoms with E-state index in [1.807, 2.05) is 0 Å². The predicted octanol–water partition coefficient (Wildman–Crippen LogP) is -0.971. The number of aromatic carboxylic acids is 1. The zero-order valence-electron chi connectivity index (χ0n) is 9.62. The molecule has 1 aliphatic rings. The number of aliphatic hydroxyl groups excluding tert-OH is 1. The summed E-state index contributed by atoms with van der Waals surface area (Å²) in [5.74, 6) is -1.47. The average molecular weight is 275 g/mol. The minimum Gasteiger partial charge on any atom is -0.476 e. The number of sulfonamides is 1. The van der Waals surface area contributed by atoms with Crippen molar-refractivity contribution in [2.24, 2.45) is 5.92 Å². The highest BCUT2D eigenvalue weighted by Crippen LogP contribution is 2.28. The molecule has 8 nitrogen and oxygen atoms in total. The molecule has 3 N–H and O–H groups in total. The molecule has 2 rings (SSSR count). The van der Waals surface area contributed by atoms with Crippen molar-refractivity contribution in [3.8, 4) is 0 Å². The minimum atomic E-state index is -3.86. The molecule has 100 valence electrons. The molecule has 1 aliphatic heterocycles. The molecule has 1 aromatic heterocycles. The second-order valence-corrected chi connectivity index (χ2v) is 6.08. The number of aromatic amines is 1. The molecule has 18 heavy (non-hydrogen) atoms. The molecule has 0 radical (unpaired) electrons. The van der Waals surface area contributed by atoms with Crippen molar-refractivity contribution in [3.05, 3.63) is 11.4 Å². The van der Waals surface area contributed by atoms with Gasteiger partial charge < -0.3 is 10.2 Å². The third-order valence-corrected chi connectivity index (χ3v) is 4.87. The molecule has 0 saturated carbocycles. The Kier molecular flexibility index (Phi) is 3.13. The van der Waals surface area contributed by atoms with Gasteiger partial charge in [0.2, 0.25) is 10.0 Å². The van der Waals surface area contributed by atoms with Crippen LogP contribution in [0, 0.1) is 12.8 Å². The Bertz CT molecular complexity index is 573. The highest BCUT2D eigenvalue weighted by atomic mass is 32.2. The van der Waals surface area contributed by atoms with Crippen LogP contribution in [-0.2, 0) is 10.0 Å².